The summed E-state index contributed by atoms with van der Waals surface area (Å²) in [5.74, 6) is 0.577. The number of thiazole rings is 1. The Morgan fingerprint density at radius 3 is 2.74 bits per heavy atom. The first-order valence-electron chi connectivity index (χ1n) is 11.0. The van der Waals surface area contributed by atoms with Gasteiger partial charge in [-0.2, -0.15) is 5.26 Å². The monoisotopic (exact) mass is 490 g/mol. The molecule has 1 aliphatic heterocycles. The van der Waals surface area contributed by atoms with Gasteiger partial charge in [-0.1, -0.05) is 42.1 Å². The Morgan fingerprint density at radius 1 is 1.18 bits per heavy atom. The SMILES string of the molecule is N#CC(C(=O)CSc1nnc(N2CCCC2)n1Cc1ccco1)c1nc(-c2ccccc2)cs1. The number of hydrogen-bond acceptors (Lipinski definition) is 9. The zero-order valence-corrected chi connectivity index (χ0v) is 20.0. The predicted octanol–water partition coefficient (Wildman–Crippen LogP) is 4.61. The molecule has 34 heavy (non-hydrogen) atoms. The molecule has 0 bridgehead atoms. The van der Waals surface area contributed by atoms with Crippen LogP contribution in [0.4, 0.5) is 5.95 Å². The third-order valence-electron chi connectivity index (χ3n) is 5.61. The first-order valence-corrected chi connectivity index (χ1v) is 12.9. The van der Waals surface area contributed by atoms with Crippen LogP contribution in [0.15, 0.2) is 63.7 Å². The Morgan fingerprint density at radius 2 is 2.00 bits per heavy atom. The fraction of sp³-hybridized carbons (Fsp3) is 0.292. The van der Waals surface area contributed by atoms with Crippen LogP contribution in [-0.2, 0) is 11.3 Å². The number of rotatable bonds is 9. The van der Waals surface area contributed by atoms with E-state index in [-0.39, 0.29) is 11.5 Å². The summed E-state index contributed by atoms with van der Waals surface area (Å²) in [6, 6.07) is 15.6. The van der Waals surface area contributed by atoms with Crippen LogP contribution in [0, 0.1) is 11.3 Å². The van der Waals surface area contributed by atoms with Crippen molar-refractivity contribution in [1.82, 2.24) is 19.7 Å². The molecular weight excluding hydrogens is 468 g/mol. The number of carbonyl (C=O) groups is 1. The molecule has 5 rings (SSSR count). The van der Waals surface area contributed by atoms with Crippen molar-refractivity contribution in [2.45, 2.75) is 30.5 Å². The van der Waals surface area contributed by atoms with Crippen molar-refractivity contribution in [3.8, 4) is 17.3 Å². The number of benzene rings is 1. The molecule has 10 heteroatoms. The summed E-state index contributed by atoms with van der Waals surface area (Å²) in [5, 5.41) is 21.5. The average Bonchev–Trinajstić information content (AvgIpc) is 3.67. The van der Waals surface area contributed by atoms with Gasteiger partial charge in [0.25, 0.3) is 0 Å². The average molecular weight is 491 g/mol. The van der Waals surface area contributed by atoms with Crippen LogP contribution in [-0.4, -0.2) is 44.4 Å². The van der Waals surface area contributed by atoms with Gasteiger partial charge in [0.2, 0.25) is 5.95 Å². The third-order valence-corrected chi connectivity index (χ3v) is 7.51. The molecule has 0 amide bonds. The molecule has 4 aromatic rings. The number of hydrogen-bond donors (Lipinski definition) is 0. The Balaban J connectivity index is 1.31. The molecular formula is C24H22N6O2S2. The number of Topliss-reactive ketones (excluding diaryl/α,β-unsaturated/α-hetero) is 1. The topological polar surface area (TPSA) is 101 Å². The predicted molar refractivity (Wildman–Crippen MR) is 131 cm³/mol. The molecule has 0 radical (unpaired) electrons. The molecule has 0 saturated carbocycles. The van der Waals surface area contributed by atoms with Crippen LogP contribution in [0.5, 0.6) is 0 Å². The van der Waals surface area contributed by atoms with E-state index in [0.717, 1.165) is 48.9 Å². The number of ketones is 1. The van der Waals surface area contributed by atoms with E-state index < -0.39 is 5.92 Å². The maximum Gasteiger partial charge on any atom is 0.228 e. The third kappa shape index (κ3) is 4.76. The Bertz CT molecular complexity index is 1290. The van der Waals surface area contributed by atoms with E-state index in [9.17, 15) is 10.1 Å². The van der Waals surface area contributed by atoms with E-state index in [0.29, 0.717) is 16.7 Å². The van der Waals surface area contributed by atoms with Crippen LogP contribution in [0.3, 0.4) is 0 Å². The maximum absolute atomic E-state index is 13.0. The molecule has 3 aromatic heterocycles. The molecule has 8 nitrogen and oxygen atoms in total. The number of carbonyl (C=O) groups excluding carboxylic acids is 1. The highest BCUT2D eigenvalue weighted by molar-refractivity contribution is 7.99. The Hall–Kier alpha value is -3.42. The number of nitrogens with zero attached hydrogens (tertiary/aromatic N) is 6. The van der Waals surface area contributed by atoms with Crippen molar-refractivity contribution in [2.75, 3.05) is 23.7 Å². The minimum absolute atomic E-state index is 0.106. The normalized spacial score (nSPS) is 14.3. The largest absolute Gasteiger partial charge is 0.467 e. The summed E-state index contributed by atoms with van der Waals surface area (Å²) < 4.78 is 7.52. The minimum Gasteiger partial charge on any atom is -0.467 e. The zero-order chi connectivity index (χ0) is 23.3. The minimum atomic E-state index is -0.908. The first-order chi connectivity index (χ1) is 16.7. The van der Waals surface area contributed by atoms with Crippen LogP contribution >= 0.6 is 23.1 Å². The second-order valence-corrected chi connectivity index (χ2v) is 9.73. The van der Waals surface area contributed by atoms with Gasteiger partial charge in [-0.05, 0) is 25.0 Å². The molecule has 4 heterocycles. The highest BCUT2D eigenvalue weighted by Gasteiger charge is 2.26. The van der Waals surface area contributed by atoms with Crippen molar-refractivity contribution >= 4 is 34.8 Å². The number of aromatic nitrogens is 4. The standard InChI is InChI=1S/C24H22N6O2S2/c25-13-19(22-26-20(15-33-22)17-7-2-1-3-8-17)21(31)16-34-24-28-27-23(29-10-4-5-11-29)30(24)14-18-9-6-12-32-18/h1-3,6-9,12,15,19H,4-5,10-11,14,16H2. The van der Waals surface area contributed by atoms with Crippen LogP contribution in [0.2, 0.25) is 0 Å². The number of nitriles is 1. The van der Waals surface area contributed by atoms with Crippen molar-refractivity contribution in [2.24, 2.45) is 0 Å². The lowest BCUT2D eigenvalue weighted by Crippen LogP contribution is -2.22. The molecule has 0 spiro atoms. The highest BCUT2D eigenvalue weighted by atomic mass is 32.2. The zero-order valence-electron chi connectivity index (χ0n) is 18.3. The van der Waals surface area contributed by atoms with E-state index in [1.807, 2.05) is 52.4 Å². The summed E-state index contributed by atoms with van der Waals surface area (Å²) in [4.78, 5) is 19.8. The maximum atomic E-state index is 13.0. The molecule has 1 aromatic carbocycles. The number of thioether (sulfide) groups is 1. The van der Waals surface area contributed by atoms with Gasteiger partial charge in [-0.15, -0.1) is 21.5 Å². The molecule has 0 N–H and O–H groups in total. The summed E-state index contributed by atoms with van der Waals surface area (Å²) >= 11 is 2.63. The van der Waals surface area contributed by atoms with Crippen LogP contribution in [0.25, 0.3) is 11.3 Å². The second-order valence-electron chi connectivity index (χ2n) is 7.90. The summed E-state index contributed by atoms with van der Waals surface area (Å²) in [6.45, 7) is 2.35. The molecule has 172 valence electrons. The van der Waals surface area contributed by atoms with Crippen molar-refractivity contribution in [3.63, 3.8) is 0 Å². The lowest BCUT2D eigenvalue weighted by molar-refractivity contribution is -0.116. The molecule has 0 aliphatic carbocycles. The van der Waals surface area contributed by atoms with Gasteiger partial charge in [-0.3, -0.25) is 9.36 Å². The summed E-state index contributed by atoms with van der Waals surface area (Å²) in [7, 11) is 0. The van der Waals surface area contributed by atoms with E-state index in [1.54, 1.807) is 6.26 Å². The van der Waals surface area contributed by atoms with Gasteiger partial charge in [0.15, 0.2) is 16.9 Å². The fourth-order valence-corrected chi connectivity index (χ4v) is 5.61. The Kier molecular flexibility index (Phi) is 6.74. The fourth-order valence-electron chi connectivity index (χ4n) is 3.88. The quantitative estimate of drug-likeness (QED) is 0.314. The highest BCUT2D eigenvalue weighted by Crippen LogP contribution is 2.30. The molecule has 1 unspecified atom stereocenters. The smallest absolute Gasteiger partial charge is 0.228 e. The van der Waals surface area contributed by atoms with Gasteiger partial charge in [0, 0.05) is 24.0 Å². The van der Waals surface area contributed by atoms with Crippen LogP contribution < -0.4 is 4.90 Å². The van der Waals surface area contributed by atoms with Crippen molar-refractivity contribution in [1.29, 1.82) is 5.26 Å². The van der Waals surface area contributed by atoms with Gasteiger partial charge in [0.1, 0.15) is 10.8 Å². The van der Waals surface area contributed by atoms with E-state index in [4.69, 9.17) is 4.42 Å². The van der Waals surface area contributed by atoms with Gasteiger partial charge in [0.05, 0.1) is 30.3 Å². The number of furan rings is 1. The van der Waals surface area contributed by atoms with E-state index in [1.165, 1.54) is 23.1 Å². The molecule has 1 aliphatic rings. The lowest BCUT2D eigenvalue weighted by atomic mass is 10.1. The summed E-state index contributed by atoms with van der Waals surface area (Å²) in [5.41, 5.74) is 1.73. The van der Waals surface area contributed by atoms with Gasteiger partial charge < -0.3 is 9.32 Å². The van der Waals surface area contributed by atoms with E-state index in [2.05, 4.69) is 26.2 Å². The van der Waals surface area contributed by atoms with Crippen molar-refractivity contribution in [3.05, 3.63) is 64.9 Å². The molecule has 1 saturated heterocycles. The van der Waals surface area contributed by atoms with Crippen molar-refractivity contribution < 1.29 is 9.21 Å². The van der Waals surface area contributed by atoms with Crippen LogP contribution in [0.1, 0.15) is 29.5 Å². The van der Waals surface area contributed by atoms with Gasteiger partial charge >= 0.3 is 0 Å². The van der Waals surface area contributed by atoms with E-state index >= 15 is 0 Å². The first kappa shape index (κ1) is 22.4. The molecule has 1 atom stereocenters. The number of anilines is 1. The Labute approximate surface area is 205 Å². The summed E-state index contributed by atoms with van der Waals surface area (Å²) in [6.07, 6.45) is 3.88. The molecule has 1 fully saturated rings. The second kappa shape index (κ2) is 10.2. The lowest BCUT2D eigenvalue weighted by Gasteiger charge is -2.17. The van der Waals surface area contributed by atoms with Gasteiger partial charge in [-0.25, -0.2) is 4.98 Å².